The average Bonchev–Trinajstić information content (AvgIpc) is 3.41. The number of carboxylic acid groups (broad SMARTS) is 2. The Kier molecular flexibility index (Phi) is 11.2. The van der Waals surface area contributed by atoms with Crippen LogP contribution in [0.25, 0.3) is 11.0 Å². The standard InChI is InChI=1S/C27H30FN3O5.C2HF3O2/c28-15-21(29)17-6-8-18(9-7-17)25(32)31-22(12-16-4-2-1-3-5-16)26(33)30-20-10-11-23-19(13-20)14-24(36-23)27(34)35;3-2(4,5)1(6)7/h1-5,10-11,13-14,17-18,21-22H,6-9,12,15,29H2,(H,30,33)(H,31,32)(H,34,35);(H,6,7)/t17?,18?,21?,22-;/m0./s1. The monoisotopic (exact) mass is 609 g/mol. The molecule has 0 saturated heterocycles. The van der Waals surface area contributed by atoms with Crippen molar-refractivity contribution in [2.24, 2.45) is 17.6 Å². The van der Waals surface area contributed by atoms with E-state index in [4.69, 9.17) is 25.2 Å². The van der Waals surface area contributed by atoms with Gasteiger partial charge in [0.2, 0.25) is 17.6 Å². The summed E-state index contributed by atoms with van der Waals surface area (Å²) in [5, 5.41) is 22.5. The third-order valence-corrected chi connectivity index (χ3v) is 7.08. The lowest BCUT2D eigenvalue weighted by Crippen LogP contribution is -2.48. The smallest absolute Gasteiger partial charge is 0.475 e. The summed E-state index contributed by atoms with van der Waals surface area (Å²) in [6, 6.07) is 14.3. The number of fused-ring (bicyclic) bond motifs is 1. The van der Waals surface area contributed by atoms with Crippen LogP contribution in [0.3, 0.4) is 0 Å². The first-order chi connectivity index (χ1) is 20.3. The van der Waals surface area contributed by atoms with Crippen molar-refractivity contribution in [3.8, 4) is 0 Å². The molecule has 0 aliphatic heterocycles. The van der Waals surface area contributed by atoms with Gasteiger partial charge in [0.1, 0.15) is 18.3 Å². The van der Waals surface area contributed by atoms with Gasteiger partial charge in [-0.25, -0.2) is 14.0 Å². The molecule has 0 bridgehead atoms. The van der Waals surface area contributed by atoms with Crippen molar-refractivity contribution in [3.63, 3.8) is 0 Å². The lowest BCUT2D eigenvalue weighted by atomic mass is 9.78. The van der Waals surface area contributed by atoms with Gasteiger partial charge in [-0.15, -0.1) is 0 Å². The molecule has 6 N–H and O–H groups in total. The van der Waals surface area contributed by atoms with Crippen LogP contribution in [0.5, 0.6) is 0 Å². The van der Waals surface area contributed by atoms with E-state index >= 15 is 0 Å². The van der Waals surface area contributed by atoms with E-state index in [2.05, 4.69) is 10.6 Å². The second-order valence-electron chi connectivity index (χ2n) is 10.1. The van der Waals surface area contributed by atoms with Crippen molar-refractivity contribution in [1.29, 1.82) is 0 Å². The first-order valence-corrected chi connectivity index (χ1v) is 13.3. The van der Waals surface area contributed by atoms with Gasteiger partial charge in [-0.2, -0.15) is 13.2 Å². The van der Waals surface area contributed by atoms with Gasteiger partial charge < -0.3 is 31.0 Å². The summed E-state index contributed by atoms with van der Waals surface area (Å²) in [4.78, 5) is 46.4. The Morgan fingerprint density at radius 2 is 1.60 bits per heavy atom. The molecule has 0 radical (unpaired) electrons. The number of aromatic carboxylic acids is 1. The van der Waals surface area contributed by atoms with Gasteiger partial charge in [0.15, 0.2) is 0 Å². The molecule has 2 aromatic carbocycles. The van der Waals surface area contributed by atoms with Crippen molar-refractivity contribution in [1.82, 2.24) is 5.32 Å². The van der Waals surface area contributed by atoms with Crippen LogP contribution < -0.4 is 16.4 Å². The number of rotatable bonds is 9. The SMILES string of the molecule is NC(CF)C1CCC(C(=O)N[C@@H](Cc2ccccc2)C(=O)Nc2ccc3oc(C(=O)O)cc3c2)CC1.O=C(O)C(F)(F)F. The number of furan rings is 1. The number of carboxylic acids is 2. The third kappa shape index (κ3) is 9.53. The van der Waals surface area contributed by atoms with Gasteiger partial charge in [0, 0.05) is 29.5 Å². The van der Waals surface area contributed by atoms with E-state index in [0.29, 0.717) is 48.8 Å². The molecule has 4 rings (SSSR count). The van der Waals surface area contributed by atoms with Crippen LogP contribution in [0, 0.1) is 11.8 Å². The fraction of sp³-hybridized carbons (Fsp3) is 0.379. The number of benzene rings is 2. The zero-order valence-electron chi connectivity index (χ0n) is 22.8. The lowest BCUT2D eigenvalue weighted by molar-refractivity contribution is -0.192. The molecule has 1 saturated carbocycles. The summed E-state index contributed by atoms with van der Waals surface area (Å²) in [5.74, 6) is -4.89. The third-order valence-electron chi connectivity index (χ3n) is 7.08. The van der Waals surface area contributed by atoms with Gasteiger partial charge in [0.05, 0.1) is 0 Å². The van der Waals surface area contributed by atoms with Crippen LogP contribution in [0.15, 0.2) is 59.0 Å². The van der Waals surface area contributed by atoms with Gasteiger partial charge >= 0.3 is 18.1 Å². The Morgan fingerprint density at radius 3 is 2.16 bits per heavy atom. The summed E-state index contributed by atoms with van der Waals surface area (Å²) < 4.78 is 49.9. The molecule has 1 fully saturated rings. The van der Waals surface area contributed by atoms with Crippen LogP contribution in [-0.4, -0.2) is 58.9 Å². The minimum Gasteiger partial charge on any atom is -0.475 e. The Labute approximate surface area is 243 Å². The predicted octanol–water partition coefficient (Wildman–Crippen LogP) is 4.53. The van der Waals surface area contributed by atoms with Crippen molar-refractivity contribution >= 4 is 40.4 Å². The fourth-order valence-corrected chi connectivity index (χ4v) is 4.74. The second kappa shape index (κ2) is 14.6. The summed E-state index contributed by atoms with van der Waals surface area (Å²) in [6.45, 7) is -0.566. The van der Waals surface area contributed by atoms with Crippen molar-refractivity contribution in [2.45, 2.75) is 50.4 Å². The van der Waals surface area contributed by atoms with Crippen molar-refractivity contribution in [3.05, 3.63) is 65.9 Å². The first kappa shape index (κ1) is 33.0. The van der Waals surface area contributed by atoms with Crippen molar-refractivity contribution < 1.29 is 51.4 Å². The molecule has 0 spiro atoms. The summed E-state index contributed by atoms with van der Waals surface area (Å²) in [7, 11) is 0. The second-order valence-corrected chi connectivity index (χ2v) is 10.1. The van der Waals surface area contributed by atoms with Gasteiger partial charge in [-0.3, -0.25) is 9.59 Å². The Bertz CT molecular complexity index is 1420. The van der Waals surface area contributed by atoms with Gasteiger partial charge in [0.25, 0.3) is 0 Å². The molecular weight excluding hydrogens is 578 g/mol. The number of anilines is 1. The summed E-state index contributed by atoms with van der Waals surface area (Å²) in [6.07, 6.45) is -2.21. The maximum absolute atomic E-state index is 13.3. The number of hydrogen-bond donors (Lipinski definition) is 5. The molecule has 2 amide bonds. The minimum absolute atomic E-state index is 0.0712. The number of carbonyl (C=O) groups is 4. The molecule has 1 aliphatic carbocycles. The zero-order valence-corrected chi connectivity index (χ0v) is 22.8. The highest BCUT2D eigenvalue weighted by Gasteiger charge is 2.38. The maximum Gasteiger partial charge on any atom is 0.490 e. The average molecular weight is 610 g/mol. The number of nitrogens with two attached hydrogens (primary N) is 1. The minimum atomic E-state index is -5.08. The molecule has 10 nitrogen and oxygen atoms in total. The molecule has 232 valence electrons. The normalized spacial score (nSPS) is 18.1. The largest absolute Gasteiger partial charge is 0.490 e. The van der Waals surface area contributed by atoms with E-state index in [1.165, 1.54) is 6.07 Å². The van der Waals surface area contributed by atoms with E-state index in [1.807, 2.05) is 30.3 Å². The van der Waals surface area contributed by atoms with Crippen LogP contribution in [-0.2, 0) is 20.8 Å². The number of aliphatic carboxylic acids is 1. The van der Waals surface area contributed by atoms with Crippen LogP contribution in [0.2, 0.25) is 0 Å². The summed E-state index contributed by atoms with van der Waals surface area (Å²) >= 11 is 0. The highest BCUT2D eigenvalue weighted by atomic mass is 19.4. The molecule has 1 unspecified atom stereocenters. The predicted molar refractivity (Wildman–Crippen MR) is 147 cm³/mol. The Morgan fingerprint density at radius 1 is 0.977 bits per heavy atom. The van der Waals surface area contributed by atoms with Gasteiger partial charge in [-0.1, -0.05) is 30.3 Å². The summed E-state index contributed by atoms with van der Waals surface area (Å²) in [5.41, 5.74) is 7.58. The molecule has 1 heterocycles. The number of halogens is 4. The fourth-order valence-electron chi connectivity index (χ4n) is 4.74. The maximum atomic E-state index is 13.3. The Balaban J connectivity index is 0.000000646. The highest BCUT2D eigenvalue weighted by molar-refractivity contribution is 5.99. The van der Waals surface area contributed by atoms with Gasteiger partial charge in [-0.05, 0) is 61.4 Å². The number of carbonyl (C=O) groups excluding carboxylic acids is 2. The molecule has 1 aromatic heterocycles. The molecule has 43 heavy (non-hydrogen) atoms. The number of hydrogen-bond acceptors (Lipinski definition) is 6. The highest BCUT2D eigenvalue weighted by Crippen LogP contribution is 2.31. The molecule has 2 atom stereocenters. The van der Waals surface area contributed by atoms with Crippen LogP contribution in [0.4, 0.5) is 23.2 Å². The van der Waals surface area contributed by atoms with E-state index in [-0.39, 0.29) is 29.4 Å². The quantitative estimate of drug-likeness (QED) is 0.220. The number of amides is 2. The topological polar surface area (TPSA) is 172 Å². The molecule has 1 aliphatic rings. The van der Waals surface area contributed by atoms with E-state index < -0.39 is 36.9 Å². The lowest BCUT2D eigenvalue weighted by Gasteiger charge is -2.31. The van der Waals surface area contributed by atoms with E-state index in [0.717, 1.165) is 5.56 Å². The van der Waals surface area contributed by atoms with E-state index in [9.17, 15) is 31.9 Å². The number of alkyl halides is 4. The molecule has 14 heteroatoms. The molecule has 3 aromatic rings. The first-order valence-electron chi connectivity index (χ1n) is 13.3. The number of nitrogens with one attached hydrogen (secondary N) is 2. The van der Waals surface area contributed by atoms with Crippen LogP contribution in [0.1, 0.15) is 41.8 Å². The van der Waals surface area contributed by atoms with E-state index in [1.54, 1.807) is 18.2 Å². The Hall–Kier alpha value is -4.46. The molecular formula is C29H31F4N3O7. The van der Waals surface area contributed by atoms with Crippen molar-refractivity contribution in [2.75, 3.05) is 12.0 Å². The van der Waals surface area contributed by atoms with Crippen LogP contribution >= 0.6 is 0 Å². The zero-order chi connectivity index (χ0) is 31.7.